The highest BCUT2D eigenvalue weighted by molar-refractivity contribution is 7.92. The highest BCUT2D eigenvalue weighted by atomic mass is 32.2. The third kappa shape index (κ3) is 4.07. The predicted octanol–water partition coefficient (Wildman–Crippen LogP) is 2.32. The van der Waals surface area contributed by atoms with Gasteiger partial charge in [0.05, 0.1) is 0 Å². The topological polar surface area (TPSA) is 63.2 Å². The van der Waals surface area contributed by atoms with E-state index in [0.717, 1.165) is 17.2 Å². The molecule has 0 spiro atoms. The van der Waals surface area contributed by atoms with E-state index >= 15 is 0 Å². The van der Waals surface area contributed by atoms with E-state index < -0.39 is 21.0 Å². The van der Waals surface area contributed by atoms with Crippen molar-refractivity contribution in [1.82, 2.24) is 5.32 Å². The third-order valence-corrected chi connectivity index (χ3v) is 5.25. The maximum absolute atomic E-state index is 11.9. The highest BCUT2D eigenvalue weighted by Gasteiger charge is 2.24. The summed E-state index contributed by atoms with van der Waals surface area (Å²) in [5, 5.41) is 4.07. The molecule has 4 nitrogen and oxygen atoms in total. The van der Waals surface area contributed by atoms with Crippen molar-refractivity contribution in [2.45, 2.75) is 31.6 Å². The molecule has 118 valence electrons. The fourth-order valence-corrected chi connectivity index (χ4v) is 2.78. The standard InChI is InChI=1S/C17H21NO3S/c1-12(18-17(19)13(2)22(3,20)21)10-14-8-9-15-6-4-5-7-16(15)11-14/h4-9,11-13H,10H2,1-3H3,(H,18,19)/t12-,13-/m0/s1. The monoisotopic (exact) mass is 319 g/mol. The van der Waals surface area contributed by atoms with Crippen LogP contribution >= 0.6 is 0 Å². The van der Waals surface area contributed by atoms with Crippen LogP contribution in [-0.2, 0) is 21.1 Å². The van der Waals surface area contributed by atoms with E-state index in [-0.39, 0.29) is 6.04 Å². The molecule has 0 aliphatic heterocycles. The number of benzene rings is 2. The zero-order valence-electron chi connectivity index (χ0n) is 13.0. The van der Waals surface area contributed by atoms with Gasteiger partial charge in [-0.15, -0.1) is 0 Å². The zero-order valence-corrected chi connectivity index (χ0v) is 13.9. The third-order valence-electron chi connectivity index (χ3n) is 3.76. The first kappa shape index (κ1) is 16.5. The van der Waals surface area contributed by atoms with E-state index in [1.807, 2.05) is 31.2 Å². The van der Waals surface area contributed by atoms with Crippen LogP contribution in [0, 0.1) is 0 Å². The molecule has 1 N–H and O–H groups in total. The van der Waals surface area contributed by atoms with Gasteiger partial charge >= 0.3 is 0 Å². The average Bonchev–Trinajstić information content (AvgIpc) is 2.45. The fourth-order valence-electron chi connectivity index (χ4n) is 2.32. The molecule has 0 unspecified atom stereocenters. The molecule has 2 aromatic rings. The quantitative estimate of drug-likeness (QED) is 0.920. The maximum atomic E-state index is 11.9. The van der Waals surface area contributed by atoms with Crippen LogP contribution in [0.3, 0.4) is 0 Å². The first-order valence-electron chi connectivity index (χ1n) is 7.24. The second-order valence-electron chi connectivity index (χ2n) is 5.77. The van der Waals surface area contributed by atoms with Crippen LogP contribution in [-0.4, -0.2) is 31.9 Å². The number of nitrogens with one attached hydrogen (secondary N) is 1. The number of amides is 1. The maximum Gasteiger partial charge on any atom is 0.238 e. The minimum absolute atomic E-state index is 0.127. The van der Waals surface area contributed by atoms with Gasteiger partial charge in [0.15, 0.2) is 9.84 Å². The van der Waals surface area contributed by atoms with E-state index in [0.29, 0.717) is 6.42 Å². The molecule has 0 saturated carbocycles. The van der Waals surface area contributed by atoms with Crippen LogP contribution in [0.25, 0.3) is 10.8 Å². The Hall–Kier alpha value is -1.88. The molecule has 1 amide bonds. The minimum Gasteiger partial charge on any atom is -0.352 e. The Kier molecular flexibility index (Phi) is 4.86. The highest BCUT2D eigenvalue weighted by Crippen LogP contribution is 2.16. The summed E-state index contributed by atoms with van der Waals surface area (Å²) in [4.78, 5) is 11.9. The lowest BCUT2D eigenvalue weighted by molar-refractivity contribution is -0.121. The van der Waals surface area contributed by atoms with Gasteiger partial charge in [-0.05, 0) is 36.6 Å². The molecule has 0 heterocycles. The average molecular weight is 319 g/mol. The van der Waals surface area contributed by atoms with Gasteiger partial charge in [-0.3, -0.25) is 4.79 Å². The Labute approximate surface area is 131 Å². The summed E-state index contributed by atoms with van der Waals surface area (Å²) < 4.78 is 22.8. The van der Waals surface area contributed by atoms with Crippen LogP contribution in [0.1, 0.15) is 19.4 Å². The molecule has 0 radical (unpaired) electrons. The summed E-state index contributed by atoms with van der Waals surface area (Å²) in [7, 11) is -3.36. The Morgan fingerprint density at radius 1 is 1.09 bits per heavy atom. The van der Waals surface area contributed by atoms with Crippen LogP contribution < -0.4 is 5.32 Å². The van der Waals surface area contributed by atoms with Gasteiger partial charge in [-0.2, -0.15) is 0 Å². The van der Waals surface area contributed by atoms with Gasteiger partial charge in [0.1, 0.15) is 5.25 Å². The molecule has 0 aliphatic carbocycles. The lowest BCUT2D eigenvalue weighted by Crippen LogP contribution is -2.42. The van der Waals surface area contributed by atoms with Crippen molar-refractivity contribution in [3.05, 3.63) is 48.0 Å². The summed E-state index contributed by atoms with van der Waals surface area (Å²) in [6, 6.07) is 14.1. The van der Waals surface area contributed by atoms with Gasteiger partial charge in [-0.1, -0.05) is 42.5 Å². The number of hydrogen-bond donors (Lipinski definition) is 1. The van der Waals surface area contributed by atoms with Crippen molar-refractivity contribution in [2.75, 3.05) is 6.26 Å². The molecule has 0 fully saturated rings. The lowest BCUT2D eigenvalue weighted by atomic mass is 10.0. The Morgan fingerprint density at radius 2 is 1.73 bits per heavy atom. The van der Waals surface area contributed by atoms with Gasteiger partial charge in [0.2, 0.25) is 5.91 Å². The summed E-state index contributed by atoms with van der Waals surface area (Å²) in [6.45, 7) is 3.29. The largest absolute Gasteiger partial charge is 0.352 e. The predicted molar refractivity (Wildman–Crippen MR) is 89.6 cm³/mol. The van der Waals surface area contributed by atoms with Crippen molar-refractivity contribution in [3.8, 4) is 0 Å². The van der Waals surface area contributed by atoms with E-state index in [1.165, 1.54) is 12.3 Å². The molecule has 0 saturated heterocycles. The van der Waals surface area contributed by atoms with Crippen molar-refractivity contribution >= 4 is 26.5 Å². The number of carbonyl (C=O) groups is 1. The number of carbonyl (C=O) groups excluding carboxylic acids is 1. The van der Waals surface area contributed by atoms with Crippen LogP contribution in [0.15, 0.2) is 42.5 Å². The van der Waals surface area contributed by atoms with Gasteiger partial charge in [0, 0.05) is 12.3 Å². The Balaban J connectivity index is 2.04. The molecule has 0 bridgehead atoms. The van der Waals surface area contributed by atoms with Crippen LogP contribution in [0.4, 0.5) is 0 Å². The Morgan fingerprint density at radius 3 is 2.36 bits per heavy atom. The van der Waals surface area contributed by atoms with Gasteiger partial charge < -0.3 is 5.32 Å². The fraction of sp³-hybridized carbons (Fsp3) is 0.353. The molecular weight excluding hydrogens is 298 g/mol. The zero-order chi connectivity index (χ0) is 16.3. The first-order chi connectivity index (χ1) is 10.3. The van der Waals surface area contributed by atoms with Crippen molar-refractivity contribution in [3.63, 3.8) is 0 Å². The van der Waals surface area contributed by atoms with E-state index in [1.54, 1.807) is 0 Å². The number of hydrogen-bond acceptors (Lipinski definition) is 3. The minimum atomic E-state index is -3.36. The summed E-state index contributed by atoms with van der Waals surface area (Å²) in [6.07, 6.45) is 1.73. The Bertz CT molecular complexity index is 783. The van der Waals surface area contributed by atoms with Gasteiger partial charge in [-0.25, -0.2) is 8.42 Å². The molecule has 2 rings (SSSR count). The van der Waals surface area contributed by atoms with E-state index in [2.05, 4.69) is 23.5 Å². The summed E-state index contributed by atoms with van der Waals surface area (Å²) in [5.41, 5.74) is 1.11. The SMILES string of the molecule is C[C@@H](Cc1ccc2ccccc2c1)NC(=O)[C@H](C)S(C)(=O)=O. The van der Waals surface area contributed by atoms with Gasteiger partial charge in [0.25, 0.3) is 0 Å². The number of rotatable bonds is 5. The molecule has 2 atom stereocenters. The smallest absolute Gasteiger partial charge is 0.238 e. The molecule has 5 heteroatoms. The molecule has 22 heavy (non-hydrogen) atoms. The number of sulfone groups is 1. The molecular formula is C17H21NO3S. The molecule has 0 aliphatic rings. The van der Waals surface area contributed by atoms with Crippen LogP contribution in [0.5, 0.6) is 0 Å². The molecule has 0 aromatic heterocycles. The second kappa shape index (κ2) is 6.48. The van der Waals surface area contributed by atoms with Crippen molar-refractivity contribution < 1.29 is 13.2 Å². The summed E-state index contributed by atoms with van der Waals surface area (Å²) in [5.74, 6) is -0.448. The van der Waals surface area contributed by atoms with E-state index in [4.69, 9.17) is 0 Å². The summed E-state index contributed by atoms with van der Waals surface area (Å²) >= 11 is 0. The normalized spacial score (nSPS) is 14.5. The second-order valence-corrected chi connectivity index (χ2v) is 8.13. The molecule has 2 aromatic carbocycles. The van der Waals surface area contributed by atoms with E-state index in [9.17, 15) is 13.2 Å². The lowest BCUT2D eigenvalue weighted by Gasteiger charge is -2.17. The van der Waals surface area contributed by atoms with Crippen LogP contribution in [0.2, 0.25) is 0 Å². The first-order valence-corrected chi connectivity index (χ1v) is 9.20. The number of fused-ring (bicyclic) bond motifs is 1. The van der Waals surface area contributed by atoms with Crippen molar-refractivity contribution in [1.29, 1.82) is 0 Å². The van der Waals surface area contributed by atoms with Crippen molar-refractivity contribution in [2.24, 2.45) is 0 Å².